The van der Waals surface area contributed by atoms with Crippen molar-refractivity contribution in [3.05, 3.63) is 95.6 Å². The van der Waals surface area contributed by atoms with E-state index in [1.165, 1.54) is 22.3 Å². The number of nitrogens with one attached hydrogen (secondary N) is 1. The maximum absolute atomic E-state index is 12.3. The summed E-state index contributed by atoms with van der Waals surface area (Å²) in [7, 11) is -3.30. The average Bonchev–Trinajstić information content (AvgIpc) is 3.16. The molecule has 6 heteroatoms. The van der Waals surface area contributed by atoms with Crippen molar-refractivity contribution in [3.63, 3.8) is 0 Å². The molecule has 1 aliphatic carbocycles. The van der Waals surface area contributed by atoms with Crippen molar-refractivity contribution in [3.8, 4) is 11.1 Å². The lowest BCUT2D eigenvalue weighted by atomic mass is 9.98. The third kappa shape index (κ3) is 5.07. The molecule has 0 radical (unpaired) electrons. The topological polar surface area (TPSA) is 72.5 Å². The second kappa shape index (κ2) is 10.3. The molecule has 5 nitrogen and oxygen atoms in total. The monoisotopic (exact) mass is 475 g/mol. The molecule has 4 rings (SSSR count). The fourth-order valence-electron chi connectivity index (χ4n) is 4.19. The van der Waals surface area contributed by atoms with E-state index in [0.717, 1.165) is 5.56 Å². The minimum atomic E-state index is -3.30. The van der Waals surface area contributed by atoms with Crippen LogP contribution in [0, 0.1) is 0 Å². The molecule has 0 unspecified atom stereocenters. The lowest BCUT2D eigenvalue weighted by molar-refractivity contribution is 0.143. The van der Waals surface area contributed by atoms with Gasteiger partial charge in [0.25, 0.3) is 0 Å². The molecule has 0 spiro atoms. The first kappa shape index (κ1) is 23.8. The Morgan fingerprint density at radius 1 is 0.971 bits per heavy atom. The van der Waals surface area contributed by atoms with Gasteiger partial charge in [0.05, 0.1) is 10.1 Å². The molecule has 0 bridgehead atoms. The summed E-state index contributed by atoms with van der Waals surface area (Å²) < 4.78 is 30.2. The van der Waals surface area contributed by atoms with Crippen LogP contribution in [0.3, 0.4) is 0 Å². The molecule has 0 fully saturated rings. The highest BCUT2D eigenvalue weighted by atomic mass is 32.2. The normalized spacial score (nSPS) is 13.1. The van der Waals surface area contributed by atoms with Gasteiger partial charge in [-0.05, 0) is 60.2 Å². The van der Waals surface area contributed by atoms with Crippen LogP contribution in [-0.4, -0.2) is 32.9 Å². The number of rotatable bonds is 8. The first-order chi connectivity index (χ1) is 16.4. The van der Waals surface area contributed by atoms with E-state index in [2.05, 4.69) is 29.6 Å². The molecule has 1 amide bonds. The van der Waals surface area contributed by atoms with Crippen LogP contribution in [0.25, 0.3) is 17.2 Å². The first-order valence-electron chi connectivity index (χ1n) is 11.5. The molecule has 0 heterocycles. The number of benzene rings is 3. The zero-order valence-electron chi connectivity index (χ0n) is 19.4. The summed E-state index contributed by atoms with van der Waals surface area (Å²) in [4.78, 5) is 12.6. The lowest BCUT2D eigenvalue weighted by Crippen LogP contribution is -2.26. The van der Waals surface area contributed by atoms with Crippen molar-refractivity contribution in [1.29, 1.82) is 0 Å². The molecule has 1 N–H and O–H groups in total. The van der Waals surface area contributed by atoms with Crippen LogP contribution in [0.5, 0.6) is 0 Å². The molecule has 0 saturated carbocycles. The molecular weight excluding hydrogens is 446 g/mol. The number of fused-ring (bicyclic) bond motifs is 3. The van der Waals surface area contributed by atoms with Crippen molar-refractivity contribution in [1.82, 2.24) is 5.32 Å². The first-order valence-corrected chi connectivity index (χ1v) is 13.0. The Morgan fingerprint density at radius 2 is 1.62 bits per heavy atom. The van der Waals surface area contributed by atoms with Crippen molar-refractivity contribution >= 4 is 22.0 Å². The molecule has 176 valence electrons. The number of ether oxygens (including phenoxy) is 1. The zero-order valence-corrected chi connectivity index (χ0v) is 20.2. The number of amides is 1. The summed E-state index contributed by atoms with van der Waals surface area (Å²) in [5, 5.41) is 2.32. The van der Waals surface area contributed by atoms with Gasteiger partial charge in [0.1, 0.15) is 6.61 Å². The van der Waals surface area contributed by atoms with Crippen LogP contribution < -0.4 is 5.32 Å². The van der Waals surface area contributed by atoms with Gasteiger partial charge >= 0.3 is 6.09 Å². The van der Waals surface area contributed by atoms with Crippen LogP contribution >= 0.6 is 0 Å². The SMILES string of the molecule is CC(C)S(=O)(=O)c1cccc(C=CCCNC(=O)OCC2c3ccccc3-c3ccccc32)c1. The summed E-state index contributed by atoms with van der Waals surface area (Å²) in [5.74, 6) is 0.0347. The highest BCUT2D eigenvalue weighted by Crippen LogP contribution is 2.44. The van der Waals surface area contributed by atoms with Gasteiger partial charge in [0.2, 0.25) is 0 Å². The second-order valence-electron chi connectivity index (χ2n) is 8.61. The predicted octanol–water partition coefficient (Wildman–Crippen LogP) is 5.81. The zero-order chi connectivity index (χ0) is 24.1. The number of hydrogen-bond acceptors (Lipinski definition) is 4. The average molecular weight is 476 g/mol. The van der Waals surface area contributed by atoms with E-state index in [-0.39, 0.29) is 12.5 Å². The van der Waals surface area contributed by atoms with E-state index < -0.39 is 21.2 Å². The van der Waals surface area contributed by atoms with E-state index in [1.54, 1.807) is 32.0 Å². The molecule has 3 aromatic rings. The van der Waals surface area contributed by atoms with Crippen molar-refractivity contribution < 1.29 is 17.9 Å². The lowest BCUT2D eigenvalue weighted by Gasteiger charge is -2.14. The predicted molar refractivity (Wildman–Crippen MR) is 135 cm³/mol. The van der Waals surface area contributed by atoms with Gasteiger partial charge in [0, 0.05) is 12.5 Å². The van der Waals surface area contributed by atoms with Gasteiger partial charge in [-0.15, -0.1) is 0 Å². The smallest absolute Gasteiger partial charge is 0.407 e. The van der Waals surface area contributed by atoms with Gasteiger partial charge in [-0.1, -0.05) is 72.8 Å². The van der Waals surface area contributed by atoms with E-state index in [0.29, 0.717) is 17.9 Å². The number of carbonyl (C=O) groups is 1. The van der Waals surface area contributed by atoms with Gasteiger partial charge in [-0.25, -0.2) is 13.2 Å². The standard InChI is InChI=1S/C28H29NO4S/c1-20(2)34(31,32)22-12-9-11-21(18-22)10-7-8-17-29-28(30)33-19-27-25-15-5-3-13-23(25)24-14-4-6-16-26(24)27/h3-7,9-16,18,20,27H,8,17,19H2,1-2H3,(H,29,30). The largest absolute Gasteiger partial charge is 0.449 e. The summed E-state index contributed by atoms with van der Waals surface area (Å²) in [6.07, 6.45) is 3.93. The Kier molecular flexibility index (Phi) is 7.17. The molecule has 0 saturated heterocycles. The van der Waals surface area contributed by atoms with Crippen LogP contribution in [0.15, 0.2) is 83.8 Å². The van der Waals surface area contributed by atoms with Gasteiger partial charge in [-0.2, -0.15) is 0 Å². The Balaban J connectivity index is 1.27. The van der Waals surface area contributed by atoms with Crippen molar-refractivity contribution in [2.24, 2.45) is 0 Å². The van der Waals surface area contributed by atoms with Gasteiger partial charge in [-0.3, -0.25) is 0 Å². The Hall–Kier alpha value is -3.38. The molecule has 0 atom stereocenters. The van der Waals surface area contributed by atoms with Crippen molar-refractivity contribution in [2.45, 2.75) is 36.3 Å². The molecule has 34 heavy (non-hydrogen) atoms. The third-order valence-corrected chi connectivity index (χ3v) is 8.19. The minimum absolute atomic E-state index is 0.0347. The summed E-state index contributed by atoms with van der Waals surface area (Å²) >= 11 is 0. The number of alkyl carbamates (subject to hydrolysis) is 1. The highest BCUT2D eigenvalue weighted by molar-refractivity contribution is 7.92. The number of sulfone groups is 1. The highest BCUT2D eigenvalue weighted by Gasteiger charge is 2.28. The van der Waals surface area contributed by atoms with E-state index in [9.17, 15) is 13.2 Å². The molecule has 0 aromatic heterocycles. The summed E-state index contributed by atoms with van der Waals surface area (Å²) in [5.41, 5.74) is 5.56. The molecular formula is C28H29NO4S. The number of carbonyl (C=O) groups excluding carboxylic acids is 1. The van der Waals surface area contributed by atoms with Crippen LogP contribution in [0.1, 0.15) is 42.9 Å². The fraction of sp³-hybridized carbons (Fsp3) is 0.250. The number of hydrogen-bond donors (Lipinski definition) is 1. The van der Waals surface area contributed by atoms with Crippen LogP contribution in [0.4, 0.5) is 4.79 Å². The summed E-state index contributed by atoms with van der Waals surface area (Å²) in [6.45, 7) is 4.06. The molecule has 3 aromatic carbocycles. The maximum atomic E-state index is 12.3. The fourth-order valence-corrected chi connectivity index (χ4v) is 5.31. The van der Waals surface area contributed by atoms with Gasteiger partial charge < -0.3 is 10.1 Å². The van der Waals surface area contributed by atoms with E-state index >= 15 is 0 Å². The molecule has 0 aliphatic heterocycles. The van der Waals surface area contributed by atoms with E-state index in [1.807, 2.05) is 42.5 Å². The summed E-state index contributed by atoms with van der Waals surface area (Å²) in [6, 6.07) is 23.4. The Morgan fingerprint density at radius 3 is 2.26 bits per heavy atom. The van der Waals surface area contributed by atoms with Crippen molar-refractivity contribution in [2.75, 3.05) is 13.2 Å². The minimum Gasteiger partial charge on any atom is -0.449 e. The quantitative estimate of drug-likeness (QED) is 0.417. The van der Waals surface area contributed by atoms with E-state index in [4.69, 9.17) is 4.74 Å². The Labute approximate surface area is 201 Å². The van der Waals surface area contributed by atoms with Crippen LogP contribution in [-0.2, 0) is 14.6 Å². The maximum Gasteiger partial charge on any atom is 0.407 e. The van der Waals surface area contributed by atoms with Gasteiger partial charge in [0.15, 0.2) is 9.84 Å². The third-order valence-electron chi connectivity index (χ3n) is 6.04. The second-order valence-corrected chi connectivity index (χ2v) is 11.1. The molecule has 1 aliphatic rings. The van der Waals surface area contributed by atoms with Crippen LogP contribution in [0.2, 0.25) is 0 Å². The Bertz CT molecular complexity index is 1270.